The maximum atomic E-state index is 13.2. The van der Waals surface area contributed by atoms with Crippen molar-refractivity contribution in [3.05, 3.63) is 64.2 Å². The van der Waals surface area contributed by atoms with Gasteiger partial charge < -0.3 is 15.0 Å². The molecular formula is C25H33ClN2O3. The molecule has 31 heavy (non-hydrogen) atoms. The Labute approximate surface area is 190 Å². The number of carbonyl (C=O) groups is 2. The highest BCUT2D eigenvalue weighted by Gasteiger charge is 2.31. The molecule has 0 aliphatic carbocycles. The van der Waals surface area contributed by atoms with Crippen molar-refractivity contribution in [1.82, 2.24) is 10.2 Å². The van der Waals surface area contributed by atoms with Crippen LogP contribution in [0.4, 0.5) is 0 Å². The lowest BCUT2D eigenvalue weighted by atomic mass is 10.1. The Morgan fingerprint density at radius 2 is 1.77 bits per heavy atom. The summed E-state index contributed by atoms with van der Waals surface area (Å²) in [6.45, 7) is 11.7. The van der Waals surface area contributed by atoms with Crippen molar-refractivity contribution in [2.45, 2.75) is 66.1 Å². The van der Waals surface area contributed by atoms with Gasteiger partial charge in [0.15, 0.2) is 6.61 Å². The summed E-state index contributed by atoms with van der Waals surface area (Å²) in [5.74, 6) is 0.164. The Bertz CT molecular complexity index is 921. The van der Waals surface area contributed by atoms with Gasteiger partial charge in [0.2, 0.25) is 5.91 Å². The molecule has 2 aromatic rings. The van der Waals surface area contributed by atoms with Crippen LogP contribution in [0.1, 0.15) is 50.8 Å². The van der Waals surface area contributed by atoms with Gasteiger partial charge >= 0.3 is 0 Å². The lowest BCUT2D eigenvalue weighted by Gasteiger charge is -2.33. The number of carbonyl (C=O) groups excluding carboxylic acids is 2. The van der Waals surface area contributed by atoms with E-state index < -0.39 is 11.6 Å². The minimum absolute atomic E-state index is 0.160. The van der Waals surface area contributed by atoms with Crippen LogP contribution in [0.3, 0.4) is 0 Å². The second-order valence-electron chi connectivity index (χ2n) is 8.81. The number of aryl methyl sites for hydroxylation is 2. The normalized spacial score (nSPS) is 12.2. The third-order valence-electron chi connectivity index (χ3n) is 5.02. The Hall–Kier alpha value is -2.53. The van der Waals surface area contributed by atoms with Crippen LogP contribution < -0.4 is 10.1 Å². The molecule has 2 rings (SSSR count). The molecule has 6 heteroatoms. The highest BCUT2D eigenvalue weighted by Crippen LogP contribution is 2.21. The highest BCUT2D eigenvalue weighted by molar-refractivity contribution is 6.31. The fourth-order valence-corrected chi connectivity index (χ4v) is 3.41. The molecule has 0 radical (unpaired) electrons. The van der Waals surface area contributed by atoms with Crippen LogP contribution in [0, 0.1) is 13.8 Å². The van der Waals surface area contributed by atoms with Crippen molar-refractivity contribution in [1.29, 1.82) is 0 Å². The Morgan fingerprint density at radius 3 is 2.35 bits per heavy atom. The van der Waals surface area contributed by atoms with Gasteiger partial charge in [-0.2, -0.15) is 0 Å². The maximum Gasteiger partial charge on any atom is 0.261 e. The van der Waals surface area contributed by atoms with Gasteiger partial charge in [-0.15, -0.1) is 0 Å². The third kappa shape index (κ3) is 7.28. The van der Waals surface area contributed by atoms with Gasteiger partial charge in [0, 0.05) is 17.1 Å². The molecule has 0 aliphatic rings. The predicted molar refractivity (Wildman–Crippen MR) is 125 cm³/mol. The van der Waals surface area contributed by atoms with Gasteiger partial charge in [0.05, 0.1) is 0 Å². The molecule has 0 saturated heterocycles. The minimum Gasteiger partial charge on any atom is -0.484 e. The first-order valence-corrected chi connectivity index (χ1v) is 10.9. The minimum atomic E-state index is -0.633. The van der Waals surface area contributed by atoms with E-state index in [9.17, 15) is 9.59 Å². The van der Waals surface area contributed by atoms with Crippen molar-refractivity contribution in [3.63, 3.8) is 0 Å². The molecule has 0 heterocycles. The number of rotatable bonds is 8. The number of halogens is 1. The van der Waals surface area contributed by atoms with E-state index in [-0.39, 0.29) is 25.0 Å². The number of nitrogens with one attached hydrogen (secondary N) is 1. The van der Waals surface area contributed by atoms with Crippen LogP contribution in [0.25, 0.3) is 0 Å². The number of ether oxygens (including phenoxy) is 1. The van der Waals surface area contributed by atoms with E-state index in [2.05, 4.69) is 5.32 Å². The summed E-state index contributed by atoms with van der Waals surface area (Å²) in [7, 11) is 0. The summed E-state index contributed by atoms with van der Waals surface area (Å²) in [5, 5.41) is 3.54. The maximum absolute atomic E-state index is 13.2. The average molecular weight is 445 g/mol. The summed E-state index contributed by atoms with van der Waals surface area (Å²) in [6, 6.07) is 12.4. The molecule has 1 N–H and O–H groups in total. The molecule has 0 spiro atoms. The molecule has 0 aromatic heterocycles. The van der Waals surface area contributed by atoms with Gasteiger partial charge in [-0.05, 0) is 75.9 Å². The summed E-state index contributed by atoms with van der Waals surface area (Å²) >= 11 is 6.34. The Kier molecular flexibility index (Phi) is 8.52. The molecule has 168 valence electrons. The van der Waals surface area contributed by atoms with E-state index in [1.807, 2.05) is 77.9 Å². The van der Waals surface area contributed by atoms with Gasteiger partial charge in [-0.1, -0.05) is 42.8 Å². The number of hydrogen-bond acceptors (Lipinski definition) is 3. The van der Waals surface area contributed by atoms with Gasteiger partial charge in [-0.25, -0.2) is 0 Å². The van der Waals surface area contributed by atoms with Crippen molar-refractivity contribution in [2.24, 2.45) is 0 Å². The summed E-state index contributed by atoms with van der Waals surface area (Å²) in [5.41, 5.74) is 2.63. The van der Waals surface area contributed by atoms with E-state index in [4.69, 9.17) is 16.3 Å². The molecule has 0 bridgehead atoms. The summed E-state index contributed by atoms with van der Waals surface area (Å²) < 4.78 is 5.77. The Balaban J connectivity index is 2.26. The lowest BCUT2D eigenvalue weighted by Crippen LogP contribution is -2.54. The molecule has 0 aliphatic heterocycles. The van der Waals surface area contributed by atoms with Crippen molar-refractivity contribution < 1.29 is 14.3 Å². The molecule has 0 saturated carbocycles. The zero-order valence-electron chi connectivity index (χ0n) is 19.3. The van der Waals surface area contributed by atoms with Gasteiger partial charge in [0.1, 0.15) is 11.8 Å². The van der Waals surface area contributed by atoms with Gasteiger partial charge in [0.25, 0.3) is 5.91 Å². The SMILES string of the molecule is CC[C@H](C(=O)NC(C)(C)C)N(Cc1ccccc1Cl)C(=O)COc1ccc(C)c(C)c1. The standard InChI is InChI=1S/C25H33ClN2O3/c1-7-22(24(30)27-25(4,5)6)28(15-19-10-8-9-11-21(19)26)23(29)16-31-20-13-12-17(2)18(3)14-20/h8-14,22H,7,15-16H2,1-6H3,(H,27,30)/t22-/m1/s1. The second-order valence-corrected chi connectivity index (χ2v) is 9.22. The molecule has 5 nitrogen and oxygen atoms in total. The van der Waals surface area contributed by atoms with Crippen LogP contribution >= 0.6 is 11.6 Å². The predicted octanol–water partition coefficient (Wildman–Crippen LogP) is 5.06. The van der Waals surface area contributed by atoms with Crippen LogP contribution in [0.15, 0.2) is 42.5 Å². The fraction of sp³-hybridized carbons (Fsp3) is 0.440. The summed E-state index contributed by atoms with van der Waals surface area (Å²) in [4.78, 5) is 27.8. The molecule has 2 amide bonds. The second kappa shape index (κ2) is 10.7. The first kappa shape index (κ1) is 24.7. The van der Waals surface area contributed by atoms with Crippen molar-refractivity contribution in [2.75, 3.05) is 6.61 Å². The van der Waals surface area contributed by atoms with E-state index in [1.165, 1.54) is 0 Å². The van der Waals surface area contributed by atoms with Crippen LogP contribution in [0.5, 0.6) is 5.75 Å². The quantitative estimate of drug-likeness (QED) is 0.619. The van der Waals surface area contributed by atoms with Crippen LogP contribution in [0.2, 0.25) is 5.02 Å². The van der Waals surface area contributed by atoms with E-state index in [0.717, 1.165) is 16.7 Å². The van der Waals surface area contributed by atoms with Crippen molar-refractivity contribution in [3.8, 4) is 5.75 Å². The molecule has 1 atom stereocenters. The Morgan fingerprint density at radius 1 is 1.10 bits per heavy atom. The van der Waals surface area contributed by atoms with Gasteiger partial charge in [-0.3, -0.25) is 9.59 Å². The van der Waals surface area contributed by atoms with Crippen LogP contribution in [-0.2, 0) is 16.1 Å². The topological polar surface area (TPSA) is 58.6 Å². The zero-order chi connectivity index (χ0) is 23.2. The third-order valence-corrected chi connectivity index (χ3v) is 5.39. The van der Waals surface area contributed by atoms with Crippen molar-refractivity contribution >= 4 is 23.4 Å². The average Bonchev–Trinajstić information content (AvgIpc) is 2.68. The number of nitrogens with zero attached hydrogens (tertiary/aromatic N) is 1. The van der Waals surface area contributed by atoms with Crippen LogP contribution in [-0.4, -0.2) is 34.9 Å². The zero-order valence-corrected chi connectivity index (χ0v) is 20.0. The molecule has 0 fully saturated rings. The van der Waals surface area contributed by atoms with E-state index in [0.29, 0.717) is 17.2 Å². The number of benzene rings is 2. The first-order valence-electron chi connectivity index (χ1n) is 10.6. The first-order chi connectivity index (χ1) is 14.5. The number of hydrogen-bond donors (Lipinski definition) is 1. The van der Waals surface area contributed by atoms with E-state index >= 15 is 0 Å². The number of amides is 2. The van der Waals surface area contributed by atoms with E-state index in [1.54, 1.807) is 11.0 Å². The lowest BCUT2D eigenvalue weighted by molar-refractivity contribution is -0.143. The molecular weight excluding hydrogens is 412 g/mol. The monoisotopic (exact) mass is 444 g/mol. The largest absolute Gasteiger partial charge is 0.484 e. The smallest absolute Gasteiger partial charge is 0.261 e. The summed E-state index contributed by atoms with van der Waals surface area (Å²) in [6.07, 6.45) is 0.474. The molecule has 2 aromatic carbocycles. The molecule has 0 unspecified atom stereocenters. The fourth-order valence-electron chi connectivity index (χ4n) is 3.21. The highest BCUT2D eigenvalue weighted by atomic mass is 35.5.